The summed E-state index contributed by atoms with van der Waals surface area (Å²) in [5.41, 5.74) is 4.59. The highest BCUT2D eigenvalue weighted by molar-refractivity contribution is 5.81. The van der Waals surface area contributed by atoms with Crippen LogP contribution >= 0.6 is 0 Å². The highest BCUT2D eigenvalue weighted by Crippen LogP contribution is 2.23. The average Bonchev–Trinajstić information content (AvgIpc) is 3.13. The lowest BCUT2D eigenvalue weighted by molar-refractivity contribution is -0.147. The number of hydrogen-bond acceptors (Lipinski definition) is 4. The Hall–Kier alpha value is -2.82. The number of rotatable bonds is 7. The first kappa shape index (κ1) is 18.0. The van der Waals surface area contributed by atoms with Gasteiger partial charge in [-0.15, -0.1) is 0 Å². The van der Waals surface area contributed by atoms with E-state index >= 15 is 0 Å². The summed E-state index contributed by atoms with van der Waals surface area (Å²) in [5.74, 6) is 0.0613. The highest BCUT2D eigenvalue weighted by atomic mass is 16.5. The van der Waals surface area contributed by atoms with E-state index in [4.69, 9.17) is 9.47 Å². The fourth-order valence-electron chi connectivity index (χ4n) is 3.09. The van der Waals surface area contributed by atoms with Gasteiger partial charge in [0.25, 0.3) is 5.91 Å². The maximum absolute atomic E-state index is 11.9. The molecule has 0 heterocycles. The molecule has 0 atom stereocenters. The van der Waals surface area contributed by atoms with Crippen LogP contribution in [0.5, 0.6) is 5.75 Å². The molecule has 0 aliphatic heterocycles. The van der Waals surface area contributed by atoms with Gasteiger partial charge in [0, 0.05) is 6.54 Å². The van der Waals surface area contributed by atoms with Crippen molar-refractivity contribution in [1.29, 1.82) is 0 Å². The Morgan fingerprint density at radius 2 is 1.73 bits per heavy atom. The monoisotopic (exact) mass is 353 g/mol. The zero-order chi connectivity index (χ0) is 18.4. The summed E-state index contributed by atoms with van der Waals surface area (Å²) in [4.78, 5) is 23.8. The molecule has 0 aromatic heterocycles. The third kappa shape index (κ3) is 4.85. The molecule has 5 heteroatoms. The van der Waals surface area contributed by atoms with Gasteiger partial charge in [0.1, 0.15) is 5.75 Å². The summed E-state index contributed by atoms with van der Waals surface area (Å²) in [6, 6.07) is 13.5. The largest absolute Gasteiger partial charge is 0.497 e. The zero-order valence-corrected chi connectivity index (χ0v) is 14.9. The number of carbonyl (C=O) groups is 2. The Morgan fingerprint density at radius 1 is 1.00 bits per heavy atom. The van der Waals surface area contributed by atoms with E-state index in [0.29, 0.717) is 6.54 Å². The summed E-state index contributed by atoms with van der Waals surface area (Å²) in [6.07, 6.45) is 3.57. The van der Waals surface area contributed by atoms with E-state index in [-0.39, 0.29) is 24.9 Å². The molecule has 0 saturated heterocycles. The number of carbonyl (C=O) groups excluding carboxylic acids is 2. The first-order valence-electron chi connectivity index (χ1n) is 8.80. The van der Waals surface area contributed by atoms with Gasteiger partial charge >= 0.3 is 5.97 Å². The summed E-state index contributed by atoms with van der Waals surface area (Å²) < 4.78 is 10.2. The maximum atomic E-state index is 11.9. The third-order valence-corrected chi connectivity index (χ3v) is 4.52. The Morgan fingerprint density at radius 3 is 2.50 bits per heavy atom. The predicted octanol–water partition coefficient (Wildman–Crippen LogP) is 2.59. The second-order valence-electron chi connectivity index (χ2n) is 6.42. The Bertz CT molecular complexity index is 783. The van der Waals surface area contributed by atoms with Crippen LogP contribution in [-0.2, 0) is 40.1 Å². The van der Waals surface area contributed by atoms with E-state index in [1.807, 2.05) is 30.3 Å². The van der Waals surface area contributed by atoms with Crippen LogP contribution in [-0.4, -0.2) is 25.6 Å². The molecule has 1 N–H and O–H groups in total. The van der Waals surface area contributed by atoms with Crippen molar-refractivity contribution < 1.29 is 19.1 Å². The molecule has 0 fully saturated rings. The van der Waals surface area contributed by atoms with Gasteiger partial charge < -0.3 is 14.8 Å². The number of nitrogens with one attached hydrogen (secondary N) is 1. The molecule has 2 aromatic rings. The van der Waals surface area contributed by atoms with Crippen LogP contribution < -0.4 is 10.1 Å². The van der Waals surface area contributed by atoms with Crippen molar-refractivity contribution in [3.05, 3.63) is 64.7 Å². The van der Waals surface area contributed by atoms with E-state index in [2.05, 4.69) is 17.4 Å². The molecule has 0 saturated carbocycles. The Labute approximate surface area is 153 Å². The van der Waals surface area contributed by atoms with E-state index in [1.165, 1.54) is 17.5 Å². The molecule has 5 nitrogen and oxygen atoms in total. The van der Waals surface area contributed by atoms with Gasteiger partial charge in [0.2, 0.25) is 0 Å². The molecule has 0 spiro atoms. The molecule has 1 aliphatic carbocycles. The van der Waals surface area contributed by atoms with Crippen molar-refractivity contribution in [3.63, 3.8) is 0 Å². The van der Waals surface area contributed by atoms with Crippen LogP contribution in [0.3, 0.4) is 0 Å². The van der Waals surface area contributed by atoms with E-state index in [1.54, 1.807) is 7.11 Å². The first-order chi connectivity index (χ1) is 12.6. The maximum Gasteiger partial charge on any atom is 0.310 e. The zero-order valence-electron chi connectivity index (χ0n) is 14.9. The quantitative estimate of drug-likeness (QED) is 0.777. The lowest BCUT2D eigenvalue weighted by atomic mass is 10.0. The summed E-state index contributed by atoms with van der Waals surface area (Å²) in [5, 5.41) is 2.73. The normalized spacial score (nSPS) is 12.3. The standard InChI is InChI=1S/C21H23NO4/c1-25-19-9-6-15(7-10-19)13-22-20(23)14-26-21(24)12-16-5-8-17-3-2-4-18(17)11-16/h5-11H,2-4,12-14H2,1H3,(H,22,23). The number of aryl methyl sites for hydroxylation is 2. The number of esters is 1. The van der Waals surface area contributed by atoms with E-state index in [0.717, 1.165) is 29.7 Å². The predicted molar refractivity (Wildman–Crippen MR) is 98.0 cm³/mol. The molecular formula is C21H23NO4. The second-order valence-corrected chi connectivity index (χ2v) is 6.42. The molecule has 0 bridgehead atoms. The van der Waals surface area contributed by atoms with Gasteiger partial charge in [-0.3, -0.25) is 9.59 Å². The number of methoxy groups -OCH3 is 1. The average molecular weight is 353 g/mol. The van der Waals surface area contributed by atoms with Crippen molar-refractivity contribution in [2.45, 2.75) is 32.2 Å². The van der Waals surface area contributed by atoms with Crippen LogP contribution in [0.15, 0.2) is 42.5 Å². The van der Waals surface area contributed by atoms with Crippen molar-refractivity contribution in [2.75, 3.05) is 13.7 Å². The van der Waals surface area contributed by atoms with Crippen molar-refractivity contribution >= 4 is 11.9 Å². The Kier molecular flexibility index (Phi) is 5.89. The highest BCUT2D eigenvalue weighted by Gasteiger charge is 2.13. The lowest BCUT2D eigenvalue weighted by Gasteiger charge is -2.08. The Balaban J connectivity index is 1.40. The van der Waals surface area contributed by atoms with Gasteiger partial charge in [0.15, 0.2) is 6.61 Å². The fraction of sp³-hybridized carbons (Fsp3) is 0.333. The summed E-state index contributed by atoms with van der Waals surface area (Å²) in [7, 11) is 1.61. The molecule has 1 amide bonds. The minimum Gasteiger partial charge on any atom is -0.497 e. The molecule has 0 unspecified atom stereocenters. The number of benzene rings is 2. The smallest absolute Gasteiger partial charge is 0.310 e. The lowest BCUT2D eigenvalue weighted by Crippen LogP contribution is -2.28. The minimum absolute atomic E-state index is 0.193. The topological polar surface area (TPSA) is 64.6 Å². The van der Waals surface area contributed by atoms with Crippen LogP contribution in [0.25, 0.3) is 0 Å². The van der Waals surface area contributed by atoms with E-state index in [9.17, 15) is 9.59 Å². The van der Waals surface area contributed by atoms with Gasteiger partial charge in [-0.2, -0.15) is 0 Å². The number of ether oxygens (including phenoxy) is 2. The number of fused-ring (bicyclic) bond motifs is 1. The SMILES string of the molecule is COc1ccc(CNC(=O)COC(=O)Cc2ccc3c(c2)CCC3)cc1. The van der Waals surface area contributed by atoms with Crippen molar-refractivity contribution in [1.82, 2.24) is 5.32 Å². The molecule has 2 aromatic carbocycles. The molecule has 26 heavy (non-hydrogen) atoms. The molecule has 0 radical (unpaired) electrons. The van der Waals surface area contributed by atoms with E-state index < -0.39 is 0 Å². The summed E-state index contributed by atoms with van der Waals surface area (Å²) in [6.45, 7) is 0.116. The van der Waals surface area contributed by atoms with Crippen LogP contribution in [0.4, 0.5) is 0 Å². The molecule has 136 valence electrons. The van der Waals surface area contributed by atoms with Crippen molar-refractivity contribution in [3.8, 4) is 5.75 Å². The molecular weight excluding hydrogens is 330 g/mol. The molecule has 1 aliphatic rings. The third-order valence-electron chi connectivity index (χ3n) is 4.52. The van der Waals surface area contributed by atoms with Crippen molar-refractivity contribution in [2.24, 2.45) is 0 Å². The van der Waals surface area contributed by atoms with Gasteiger partial charge in [0.05, 0.1) is 13.5 Å². The number of hydrogen-bond donors (Lipinski definition) is 1. The van der Waals surface area contributed by atoms with Gasteiger partial charge in [-0.25, -0.2) is 0 Å². The van der Waals surface area contributed by atoms with Gasteiger partial charge in [-0.05, 0) is 53.6 Å². The molecule has 3 rings (SSSR count). The minimum atomic E-state index is -0.387. The summed E-state index contributed by atoms with van der Waals surface area (Å²) >= 11 is 0. The van der Waals surface area contributed by atoms with Gasteiger partial charge in [-0.1, -0.05) is 30.3 Å². The van der Waals surface area contributed by atoms with Crippen LogP contribution in [0.2, 0.25) is 0 Å². The van der Waals surface area contributed by atoms with Crippen LogP contribution in [0, 0.1) is 0 Å². The second kappa shape index (κ2) is 8.52. The number of amides is 1. The van der Waals surface area contributed by atoms with Crippen LogP contribution in [0.1, 0.15) is 28.7 Å². The fourth-order valence-corrected chi connectivity index (χ4v) is 3.09. The first-order valence-corrected chi connectivity index (χ1v) is 8.80.